The summed E-state index contributed by atoms with van der Waals surface area (Å²) in [6.45, 7) is 2.22. The number of rotatable bonds is 8. The number of carbonyl (C=O) groups is 1. The predicted octanol–water partition coefficient (Wildman–Crippen LogP) is 4.21. The highest BCUT2D eigenvalue weighted by atomic mass is 16.2. The highest BCUT2D eigenvalue weighted by Crippen LogP contribution is 2.12. The molecule has 0 radical (unpaired) electrons. The maximum atomic E-state index is 12.1. The Hall–Kier alpha value is -1.71. The van der Waals surface area contributed by atoms with E-state index in [1.807, 2.05) is 24.3 Å². The van der Waals surface area contributed by atoms with E-state index in [2.05, 4.69) is 17.2 Å². The lowest BCUT2D eigenvalue weighted by atomic mass is 10.1. The van der Waals surface area contributed by atoms with Gasteiger partial charge in [0.25, 0.3) is 0 Å². The summed E-state index contributed by atoms with van der Waals surface area (Å²) in [7, 11) is 0. The highest BCUT2D eigenvalue weighted by molar-refractivity contribution is 5.88. The van der Waals surface area contributed by atoms with E-state index in [4.69, 9.17) is 0 Å². The first-order chi connectivity index (χ1) is 9.83. The summed E-state index contributed by atoms with van der Waals surface area (Å²) >= 11 is 0. The molecule has 2 rings (SSSR count). The molecular weight excluding hydrogens is 250 g/mol. The molecule has 0 saturated heterocycles. The van der Waals surface area contributed by atoms with E-state index in [9.17, 15) is 4.79 Å². The number of para-hydroxylation sites is 1. The van der Waals surface area contributed by atoms with Gasteiger partial charge in [0.15, 0.2) is 0 Å². The lowest BCUT2D eigenvalue weighted by Gasteiger charge is -2.02. The van der Waals surface area contributed by atoms with Gasteiger partial charge in [0.2, 0.25) is 5.91 Å². The molecule has 0 unspecified atom stereocenters. The molecule has 0 atom stereocenters. The molecule has 0 saturated carbocycles. The Morgan fingerprint density at radius 3 is 2.55 bits per heavy atom. The van der Waals surface area contributed by atoms with Crippen molar-refractivity contribution in [2.75, 3.05) is 0 Å². The summed E-state index contributed by atoms with van der Waals surface area (Å²) in [6, 6.07) is 7.57. The fourth-order valence-corrected chi connectivity index (χ4v) is 2.39. The second kappa shape index (κ2) is 7.78. The topological polar surface area (TPSA) is 47.8 Å². The van der Waals surface area contributed by atoms with Gasteiger partial charge in [0.1, 0.15) is 5.52 Å². The Balaban J connectivity index is 1.75. The molecule has 20 heavy (non-hydrogen) atoms. The van der Waals surface area contributed by atoms with Gasteiger partial charge in [-0.15, -0.1) is 5.10 Å². The zero-order chi connectivity index (χ0) is 14.2. The Kier molecular flexibility index (Phi) is 5.71. The number of hydrogen-bond acceptors (Lipinski definition) is 3. The number of carbonyl (C=O) groups excluding carboxylic acids is 1. The fourth-order valence-electron chi connectivity index (χ4n) is 2.39. The third-order valence-corrected chi connectivity index (χ3v) is 3.58. The monoisotopic (exact) mass is 273 g/mol. The summed E-state index contributed by atoms with van der Waals surface area (Å²) in [5, 5.41) is 7.96. The molecule has 0 fully saturated rings. The van der Waals surface area contributed by atoms with Crippen molar-refractivity contribution in [3.05, 3.63) is 24.3 Å². The molecule has 1 aromatic carbocycles. The Morgan fingerprint density at radius 2 is 1.75 bits per heavy atom. The van der Waals surface area contributed by atoms with Gasteiger partial charge >= 0.3 is 0 Å². The van der Waals surface area contributed by atoms with Gasteiger partial charge in [-0.05, 0) is 18.6 Å². The number of aromatic nitrogens is 3. The van der Waals surface area contributed by atoms with Crippen molar-refractivity contribution in [1.29, 1.82) is 0 Å². The third kappa shape index (κ3) is 3.89. The number of benzene rings is 1. The minimum Gasteiger partial charge on any atom is -0.273 e. The molecule has 2 aromatic rings. The van der Waals surface area contributed by atoms with Gasteiger partial charge < -0.3 is 0 Å². The number of nitrogens with zero attached hydrogens (tertiary/aromatic N) is 3. The summed E-state index contributed by atoms with van der Waals surface area (Å²) in [4.78, 5) is 12.1. The van der Waals surface area contributed by atoms with Crippen LogP contribution in [0, 0.1) is 0 Å². The number of hydrogen-bond donors (Lipinski definition) is 0. The van der Waals surface area contributed by atoms with E-state index in [-0.39, 0.29) is 5.91 Å². The van der Waals surface area contributed by atoms with Crippen LogP contribution in [0.5, 0.6) is 0 Å². The largest absolute Gasteiger partial charge is 0.273 e. The molecule has 1 heterocycles. The van der Waals surface area contributed by atoms with Crippen molar-refractivity contribution in [3.8, 4) is 0 Å². The van der Waals surface area contributed by atoms with Gasteiger partial charge in [-0.1, -0.05) is 62.8 Å². The zero-order valence-corrected chi connectivity index (χ0v) is 12.2. The molecule has 108 valence electrons. The normalized spacial score (nSPS) is 11.1. The smallest absolute Gasteiger partial charge is 0.248 e. The van der Waals surface area contributed by atoms with E-state index in [0.717, 1.165) is 23.9 Å². The lowest BCUT2D eigenvalue weighted by molar-refractivity contribution is 0.0886. The first kappa shape index (κ1) is 14.7. The Bertz CT molecular complexity index is 547. The summed E-state index contributed by atoms with van der Waals surface area (Å²) < 4.78 is 1.44. The number of unbranched alkanes of at least 4 members (excludes halogenated alkanes) is 6. The standard InChI is InChI=1S/C16H23N3O/c1-2-3-4-5-6-7-8-13-16(20)19-15-12-10-9-11-14(15)17-18-19/h9-12H,2-8,13H2,1H3. The molecule has 4 heteroatoms. The van der Waals surface area contributed by atoms with E-state index in [1.54, 1.807) is 0 Å². The molecule has 4 nitrogen and oxygen atoms in total. The third-order valence-electron chi connectivity index (χ3n) is 3.58. The van der Waals surface area contributed by atoms with Crippen LogP contribution in [0.2, 0.25) is 0 Å². The molecule has 0 amide bonds. The quantitative estimate of drug-likeness (QED) is 0.677. The van der Waals surface area contributed by atoms with Crippen LogP contribution in [0.4, 0.5) is 0 Å². The van der Waals surface area contributed by atoms with Gasteiger partial charge in [0, 0.05) is 6.42 Å². The molecule has 0 spiro atoms. The van der Waals surface area contributed by atoms with Crippen LogP contribution in [0.3, 0.4) is 0 Å². The average Bonchev–Trinajstić information content (AvgIpc) is 2.90. The summed E-state index contributed by atoms with van der Waals surface area (Å²) in [5.74, 6) is 0.0484. The van der Waals surface area contributed by atoms with Crippen molar-refractivity contribution < 1.29 is 4.79 Å². The molecular formula is C16H23N3O. The van der Waals surface area contributed by atoms with Crippen LogP contribution in [-0.2, 0) is 0 Å². The first-order valence-corrected chi connectivity index (χ1v) is 7.66. The lowest BCUT2D eigenvalue weighted by Crippen LogP contribution is -2.12. The molecule has 0 aliphatic heterocycles. The SMILES string of the molecule is CCCCCCCCCC(=O)n1nnc2ccccc21. The molecule has 0 aliphatic carbocycles. The van der Waals surface area contributed by atoms with E-state index < -0.39 is 0 Å². The van der Waals surface area contributed by atoms with Crippen molar-refractivity contribution in [1.82, 2.24) is 15.0 Å². The van der Waals surface area contributed by atoms with Crippen LogP contribution in [-0.4, -0.2) is 20.9 Å². The van der Waals surface area contributed by atoms with Crippen LogP contribution in [0.15, 0.2) is 24.3 Å². The number of fused-ring (bicyclic) bond motifs is 1. The Morgan fingerprint density at radius 1 is 1.05 bits per heavy atom. The van der Waals surface area contributed by atoms with E-state index in [0.29, 0.717) is 6.42 Å². The maximum absolute atomic E-state index is 12.1. The molecule has 0 N–H and O–H groups in total. The average molecular weight is 273 g/mol. The summed E-state index contributed by atoms with van der Waals surface area (Å²) in [5.41, 5.74) is 1.58. The van der Waals surface area contributed by atoms with Crippen LogP contribution in [0.25, 0.3) is 11.0 Å². The van der Waals surface area contributed by atoms with Crippen LogP contribution in [0.1, 0.15) is 63.1 Å². The van der Waals surface area contributed by atoms with Gasteiger partial charge in [0.05, 0.1) is 5.52 Å². The van der Waals surface area contributed by atoms with Crippen molar-refractivity contribution in [3.63, 3.8) is 0 Å². The second-order valence-electron chi connectivity index (χ2n) is 5.26. The second-order valence-corrected chi connectivity index (χ2v) is 5.26. The maximum Gasteiger partial charge on any atom is 0.248 e. The summed E-state index contributed by atoms with van der Waals surface area (Å²) in [6.07, 6.45) is 9.06. The minimum atomic E-state index is 0.0484. The van der Waals surface area contributed by atoms with Crippen LogP contribution < -0.4 is 0 Å². The van der Waals surface area contributed by atoms with Crippen molar-refractivity contribution in [2.24, 2.45) is 0 Å². The Labute approximate surface area is 120 Å². The highest BCUT2D eigenvalue weighted by Gasteiger charge is 2.10. The zero-order valence-electron chi connectivity index (χ0n) is 12.2. The first-order valence-electron chi connectivity index (χ1n) is 7.66. The molecule has 0 bridgehead atoms. The van der Waals surface area contributed by atoms with Crippen molar-refractivity contribution >= 4 is 16.9 Å². The van der Waals surface area contributed by atoms with Gasteiger partial charge in [-0.2, -0.15) is 4.68 Å². The fraction of sp³-hybridized carbons (Fsp3) is 0.562. The molecule has 0 aliphatic rings. The van der Waals surface area contributed by atoms with Crippen LogP contribution >= 0.6 is 0 Å². The van der Waals surface area contributed by atoms with Gasteiger partial charge in [-0.25, -0.2) is 0 Å². The van der Waals surface area contributed by atoms with Gasteiger partial charge in [-0.3, -0.25) is 4.79 Å². The van der Waals surface area contributed by atoms with Crippen molar-refractivity contribution in [2.45, 2.75) is 58.3 Å². The van der Waals surface area contributed by atoms with E-state index >= 15 is 0 Å². The minimum absolute atomic E-state index is 0.0484. The predicted molar refractivity (Wildman–Crippen MR) is 80.8 cm³/mol. The molecule has 1 aromatic heterocycles. The van der Waals surface area contributed by atoms with E-state index in [1.165, 1.54) is 36.8 Å².